The summed E-state index contributed by atoms with van der Waals surface area (Å²) >= 11 is 6.36. The van der Waals surface area contributed by atoms with Crippen LogP contribution in [0.2, 0.25) is 5.02 Å². The molecule has 0 aromatic heterocycles. The number of aliphatic carboxylic acids is 2. The molecule has 1 fully saturated rings. The molecule has 1 aromatic rings. The van der Waals surface area contributed by atoms with Crippen molar-refractivity contribution in [1.82, 2.24) is 9.80 Å². The molecule has 0 aliphatic carbocycles. The molecule has 0 bridgehead atoms. The van der Waals surface area contributed by atoms with Gasteiger partial charge in [0.1, 0.15) is 0 Å². The summed E-state index contributed by atoms with van der Waals surface area (Å²) in [5.74, 6) is -3.22. The average molecular weight is 457 g/mol. The van der Waals surface area contributed by atoms with Gasteiger partial charge in [-0.15, -0.1) is 12.4 Å². The van der Waals surface area contributed by atoms with E-state index in [-0.39, 0.29) is 23.6 Å². The minimum atomic E-state index is -1.15. The van der Waals surface area contributed by atoms with Gasteiger partial charge in [-0.2, -0.15) is 0 Å². The summed E-state index contributed by atoms with van der Waals surface area (Å²) < 4.78 is 5.37. The molecular weight excluding hydrogens is 431 g/mol. The van der Waals surface area contributed by atoms with E-state index in [2.05, 4.69) is 4.90 Å². The van der Waals surface area contributed by atoms with E-state index in [1.54, 1.807) is 43.1 Å². The van der Waals surface area contributed by atoms with Crippen molar-refractivity contribution in [3.05, 3.63) is 57.4 Å². The van der Waals surface area contributed by atoms with Gasteiger partial charge in [-0.3, -0.25) is 4.90 Å². The van der Waals surface area contributed by atoms with Crippen molar-refractivity contribution in [2.75, 3.05) is 39.9 Å². The van der Waals surface area contributed by atoms with Crippen molar-refractivity contribution >= 4 is 35.9 Å². The Morgan fingerprint density at radius 2 is 1.73 bits per heavy atom. The summed E-state index contributed by atoms with van der Waals surface area (Å²) in [6.07, 6.45) is 0.489. The van der Waals surface area contributed by atoms with Crippen LogP contribution in [0.25, 0.3) is 0 Å². The minimum Gasteiger partial charge on any atom is -0.478 e. The van der Waals surface area contributed by atoms with E-state index < -0.39 is 17.9 Å². The molecule has 2 heterocycles. The molecule has 0 saturated carbocycles. The first-order valence-corrected chi connectivity index (χ1v) is 9.89. The predicted octanol–water partition coefficient (Wildman–Crippen LogP) is 3.21. The van der Waals surface area contributed by atoms with E-state index in [1.165, 1.54) is 0 Å². The second kappa shape index (κ2) is 10.3. The molecule has 30 heavy (non-hydrogen) atoms. The molecule has 164 valence electrons. The molecule has 1 unspecified atom stereocenters. The first kappa shape index (κ1) is 24.2. The number of morpholine rings is 1. The Kier molecular flexibility index (Phi) is 8.32. The van der Waals surface area contributed by atoms with Crippen molar-refractivity contribution in [1.29, 1.82) is 0 Å². The molecule has 1 aromatic carbocycles. The molecular formula is C21H26Cl2N2O5. The zero-order valence-corrected chi connectivity index (χ0v) is 18.5. The smallest absolute Gasteiger partial charge is 0.334 e. The van der Waals surface area contributed by atoms with E-state index in [0.717, 1.165) is 13.1 Å². The molecule has 7 nitrogen and oxygen atoms in total. The van der Waals surface area contributed by atoms with Crippen LogP contribution < -0.4 is 0 Å². The highest BCUT2D eigenvalue weighted by molar-refractivity contribution is 6.31. The van der Waals surface area contributed by atoms with Crippen molar-refractivity contribution in [3.8, 4) is 0 Å². The quantitative estimate of drug-likeness (QED) is 0.678. The van der Waals surface area contributed by atoms with Crippen LogP contribution in [0.1, 0.15) is 24.8 Å². The molecule has 0 radical (unpaired) electrons. The lowest BCUT2D eigenvalue weighted by atomic mass is 9.79. The Morgan fingerprint density at radius 1 is 1.13 bits per heavy atom. The number of rotatable bonds is 6. The maximum absolute atomic E-state index is 12.4. The van der Waals surface area contributed by atoms with Gasteiger partial charge in [-0.1, -0.05) is 29.8 Å². The van der Waals surface area contributed by atoms with Crippen LogP contribution in [-0.2, 0) is 14.3 Å². The Morgan fingerprint density at radius 3 is 2.30 bits per heavy atom. The molecule has 2 aliphatic heterocycles. The molecule has 3 rings (SSSR count). The summed E-state index contributed by atoms with van der Waals surface area (Å²) in [6, 6.07) is 6.82. The number of allylic oxidation sites excluding steroid dienone is 1. The number of hydrogen-bond acceptors (Lipinski definition) is 5. The van der Waals surface area contributed by atoms with Gasteiger partial charge in [0, 0.05) is 49.5 Å². The number of nitrogens with zero attached hydrogens (tertiary/aromatic N) is 2. The van der Waals surface area contributed by atoms with E-state index in [0.29, 0.717) is 48.2 Å². The standard InChI is InChI=1S/C21H25ClN2O5.ClH/c1-13-17(20(25)26)18(14-5-3-4-6-15(14)22)19(21(27)28)16(23(13)2)7-8-24-9-11-29-12-10-24;/h3-6,18H,7-12H2,1-2H3,(H,25,26)(H,27,28);1H. The highest BCUT2D eigenvalue weighted by Gasteiger charge is 2.40. The summed E-state index contributed by atoms with van der Waals surface area (Å²) in [7, 11) is 1.72. The Balaban J connectivity index is 0.00000320. The number of benzene rings is 1. The Bertz CT molecular complexity index is 878. The predicted molar refractivity (Wildman–Crippen MR) is 116 cm³/mol. The van der Waals surface area contributed by atoms with Gasteiger partial charge in [-0.25, -0.2) is 9.59 Å². The van der Waals surface area contributed by atoms with Crippen molar-refractivity contribution < 1.29 is 24.5 Å². The monoisotopic (exact) mass is 456 g/mol. The fourth-order valence-electron chi connectivity index (χ4n) is 4.02. The molecule has 2 N–H and O–H groups in total. The lowest BCUT2D eigenvalue weighted by molar-refractivity contribution is -0.133. The van der Waals surface area contributed by atoms with Gasteiger partial charge < -0.3 is 19.8 Å². The fourth-order valence-corrected chi connectivity index (χ4v) is 4.26. The first-order valence-electron chi connectivity index (χ1n) is 9.51. The molecule has 1 saturated heterocycles. The fraction of sp³-hybridized carbons (Fsp3) is 0.429. The van der Waals surface area contributed by atoms with Crippen molar-refractivity contribution in [2.24, 2.45) is 0 Å². The van der Waals surface area contributed by atoms with Gasteiger partial charge in [0.05, 0.1) is 30.3 Å². The van der Waals surface area contributed by atoms with Crippen molar-refractivity contribution in [2.45, 2.75) is 19.3 Å². The van der Waals surface area contributed by atoms with Crippen molar-refractivity contribution in [3.63, 3.8) is 0 Å². The number of halogens is 2. The Labute approximate surface area is 187 Å². The topological polar surface area (TPSA) is 90.3 Å². The number of hydrogen-bond donors (Lipinski definition) is 2. The van der Waals surface area contributed by atoms with Gasteiger partial charge in [-0.05, 0) is 18.6 Å². The number of ether oxygens (including phenoxy) is 1. The normalized spacial score (nSPS) is 20.2. The van der Waals surface area contributed by atoms with Crippen LogP contribution in [0.3, 0.4) is 0 Å². The van der Waals surface area contributed by atoms with Crippen LogP contribution in [0.15, 0.2) is 46.8 Å². The lowest BCUT2D eigenvalue weighted by Gasteiger charge is -2.37. The summed E-state index contributed by atoms with van der Waals surface area (Å²) in [5.41, 5.74) is 1.71. The summed E-state index contributed by atoms with van der Waals surface area (Å²) in [5, 5.41) is 20.3. The third-order valence-electron chi connectivity index (χ3n) is 5.63. The van der Waals surface area contributed by atoms with Gasteiger partial charge in [0.25, 0.3) is 0 Å². The zero-order valence-electron chi connectivity index (χ0n) is 16.9. The second-order valence-electron chi connectivity index (χ2n) is 7.19. The lowest BCUT2D eigenvalue weighted by Crippen LogP contribution is -2.39. The van der Waals surface area contributed by atoms with Crippen LogP contribution in [0.5, 0.6) is 0 Å². The largest absolute Gasteiger partial charge is 0.478 e. The maximum atomic E-state index is 12.4. The van der Waals surface area contributed by atoms with E-state index in [9.17, 15) is 19.8 Å². The third kappa shape index (κ3) is 4.81. The van der Waals surface area contributed by atoms with E-state index >= 15 is 0 Å². The van der Waals surface area contributed by atoms with Gasteiger partial charge in [0.2, 0.25) is 0 Å². The van der Waals surface area contributed by atoms with E-state index in [1.807, 2.05) is 0 Å². The molecule has 9 heteroatoms. The number of carbonyl (C=O) groups is 2. The minimum absolute atomic E-state index is 0. The Hall–Kier alpha value is -2.06. The molecule has 0 spiro atoms. The van der Waals surface area contributed by atoms with Crippen LogP contribution in [0, 0.1) is 0 Å². The maximum Gasteiger partial charge on any atom is 0.334 e. The molecule has 0 amide bonds. The van der Waals surface area contributed by atoms with Crippen LogP contribution in [-0.4, -0.2) is 71.8 Å². The molecule has 2 aliphatic rings. The number of carboxylic acid groups (broad SMARTS) is 2. The zero-order chi connectivity index (χ0) is 21.1. The van der Waals surface area contributed by atoms with E-state index in [4.69, 9.17) is 16.3 Å². The third-order valence-corrected chi connectivity index (χ3v) is 5.98. The second-order valence-corrected chi connectivity index (χ2v) is 7.59. The highest BCUT2D eigenvalue weighted by Crippen LogP contribution is 2.44. The molecule has 1 atom stereocenters. The average Bonchev–Trinajstić information content (AvgIpc) is 2.69. The van der Waals surface area contributed by atoms with Gasteiger partial charge in [0.15, 0.2) is 0 Å². The first-order chi connectivity index (χ1) is 13.8. The number of carboxylic acids is 2. The van der Waals surface area contributed by atoms with Gasteiger partial charge >= 0.3 is 11.9 Å². The highest BCUT2D eigenvalue weighted by atomic mass is 35.5. The van der Waals surface area contributed by atoms with Crippen LogP contribution in [0.4, 0.5) is 0 Å². The summed E-state index contributed by atoms with van der Waals surface area (Å²) in [4.78, 5) is 28.4. The summed E-state index contributed by atoms with van der Waals surface area (Å²) in [6.45, 7) is 5.28. The SMILES string of the molecule is CC1=C(C(=O)O)C(c2ccccc2Cl)C(C(=O)O)=C(CCN2CCOCC2)N1C.Cl. The van der Waals surface area contributed by atoms with Crippen LogP contribution >= 0.6 is 24.0 Å².